The molecule has 1 aromatic carbocycles. The van der Waals surface area contributed by atoms with Crippen molar-refractivity contribution in [2.24, 2.45) is 0 Å². The number of benzene rings is 1. The molecule has 0 fully saturated rings. The van der Waals surface area contributed by atoms with Crippen LogP contribution >= 0.6 is 11.8 Å². The van der Waals surface area contributed by atoms with Crippen LogP contribution in [0.1, 0.15) is 0 Å². The van der Waals surface area contributed by atoms with E-state index in [1.807, 2.05) is 24.3 Å². The molecule has 100 valence electrons. The number of rotatable bonds is 7. The maximum absolute atomic E-state index is 11.1. The van der Waals surface area contributed by atoms with Crippen molar-refractivity contribution < 1.29 is 14.3 Å². The van der Waals surface area contributed by atoms with Gasteiger partial charge in [0.15, 0.2) is 0 Å². The number of hydrogen-bond acceptors (Lipinski definition) is 4. The number of allylic oxidation sites excluding steroid dienone is 3. The van der Waals surface area contributed by atoms with E-state index in [9.17, 15) is 4.79 Å². The number of thioether (sulfide) groups is 1. The third-order valence-electron chi connectivity index (χ3n) is 2.11. The van der Waals surface area contributed by atoms with Crippen LogP contribution in [0.5, 0.6) is 5.75 Å². The van der Waals surface area contributed by atoms with Crippen molar-refractivity contribution in [2.75, 3.05) is 12.9 Å². The normalized spacial score (nSPS) is 10.7. The monoisotopic (exact) mass is 276 g/mol. The molecule has 1 rings (SSSR count). The van der Waals surface area contributed by atoms with Crippen LogP contribution < -0.4 is 4.74 Å². The number of ether oxygens (including phenoxy) is 2. The quantitative estimate of drug-likeness (QED) is 0.330. The highest BCUT2D eigenvalue weighted by Crippen LogP contribution is 2.24. The molecule has 1 aromatic rings. The highest BCUT2D eigenvalue weighted by atomic mass is 32.2. The van der Waals surface area contributed by atoms with E-state index >= 15 is 0 Å². The van der Waals surface area contributed by atoms with Gasteiger partial charge in [0.1, 0.15) is 11.5 Å². The van der Waals surface area contributed by atoms with Crippen LogP contribution in [0.15, 0.2) is 66.3 Å². The van der Waals surface area contributed by atoms with Crippen LogP contribution in [0.4, 0.5) is 0 Å². The van der Waals surface area contributed by atoms with Crippen LogP contribution in [0.25, 0.3) is 0 Å². The average Bonchev–Trinajstić information content (AvgIpc) is 2.44. The first-order chi connectivity index (χ1) is 9.19. The van der Waals surface area contributed by atoms with Crippen molar-refractivity contribution in [3.8, 4) is 5.75 Å². The van der Waals surface area contributed by atoms with Crippen LogP contribution in [0.3, 0.4) is 0 Å². The molecule has 0 spiro atoms. The van der Waals surface area contributed by atoms with Gasteiger partial charge < -0.3 is 9.47 Å². The maximum Gasteiger partial charge on any atom is 0.315 e. The van der Waals surface area contributed by atoms with Crippen molar-refractivity contribution in [3.05, 3.63) is 61.4 Å². The first-order valence-electron chi connectivity index (χ1n) is 5.62. The fourth-order valence-electron chi connectivity index (χ4n) is 1.22. The number of esters is 1. The Morgan fingerprint density at radius 2 is 2.21 bits per heavy atom. The summed E-state index contributed by atoms with van der Waals surface area (Å²) in [4.78, 5) is 12.0. The van der Waals surface area contributed by atoms with Gasteiger partial charge in [0.25, 0.3) is 0 Å². The molecule has 0 aliphatic heterocycles. The van der Waals surface area contributed by atoms with Crippen molar-refractivity contribution in [1.82, 2.24) is 0 Å². The summed E-state index contributed by atoms with van der Waals surface area (Å²) in [5.74, 6) is 1.32. The minimum atomic E-state index is -0.255. The highest BCUT2D eigenvalue weighted by Gasteiger charge is 2.03. The van der Waals surface area contributed by atoms with Crippen molar-refractivity contribution in [2.45, 2.75) is 4.90 Å². The molecule has 0 aliphatic carbocycles. The van der Waals surface area contributed by atoms with E-state index in [0.29, 0.717) is 11.5 Å². The molecule has 0 aromatic heterocycles. The standard InChI is InChI=1S/C15H16O3S/c1-4-7-12(5-2)18-13-8-6-9-14(10-13)19-11-15(16)17-3/h4-10H,1-2,11H2,3H3/b12-7+. The van der Waals surface area contributed by atoms with Gasteiger partial charge in [-0.05, 0) is 30.4 Å². The van der Waals surface area contributed by atoms with E-state index in [2.05, 4.69) is 17.9 Å². The number of hydrogen-bond donors (Lipinski definition) is 0. The van der Waals surface area contributed by atoms with Crippen molar-refractivity contribution in [1.29, 1.82) is 0 Å². The van der Waals surface area contributed by atoms with Crippen LogP contribution in [-0.4, -0.2) is 18.8 Å². The fourth-order valence-corrected chi connectivity index (χ4v) is 2.00. The van der Waals surface area contributed by atoms with E-state index < -0.39 is 0 Å². The summed E-state index contributed by atoms with van der Waals surface area (Å²) >= 11 is 1.40. The Labute approximate surface area is 117 Å². The summed E-state index contributed by atoms with van der Waals surface area (Å²) < 4.78 is 10.2. The predicted molar refractivity (Wildman–Crippen MR) is 78.3 cm³/mol. The first kappa shape index (κ1) is 15.1. The van der Waals surface area contributed by atoms with Gasteiger partial charge in [-0.2, -0.15) is 0 Å². The molecule has 0 saturated heterocycles. The molecular formula is C15H16O3S. The molecule has 3 nitrogen and oxygen atoms in total. The van der Waals surface area contributed by atoms with E-state index in [-0.39, 0.29) is 11.7 Å². The Hall–Kier alpha value is -1.94. The lowest BCUT2D eigenvalue weighted by atomic mass is 10.3. The lowest BCUT2D eigenvalue weighted by Crippen LogP contribution is -2.02. The molecule has 0 saturated carbocycles. The van der Waals surface area contributed by atoms with E-state index in [1.165, 1.54) is 18.9 Å². The molecule has 0 atom stereocenters. The summed E-state index contributed by atoms with van der Waals surface area (Å²) in [7, 11) is 1.37. The molecule has 0 heterocycles. The minimum Gasteiger partial charge on any atom is -0.468 e. The molecule has 0 unspecified atom stereocenters. The largest absolute Gasteiger partial charge is 0.468 e. The molecule has 0 N–H and O–H groups in total. The molecule has 0 bridgehead atoms. The fraction of sp³-hybridized carbons (Fsp3) is 0.133. The van der Waals surface area contributed by atoms with Gasteiger partial charge in [-0.25, -0.2) is 0 Å². The van der Waals surface area contributed by atoms with Gasteiger partial charge in [0, 0.05) is 4.90 Å². The Morgan fingerprint density at radius 1 is 1.42 bits per heavy atom. The summed E-state index contributed by atoms with van der Waals surface area (Å²) in [6, 6.07) is 7.46. The van der Waals surface area contributed by atoms with Gasteiger partial charge in [-0.1, -0.05) is 25.3 Å². The lowest BCUT2D eigenvalue weighted by Gasteiger charge is -2.07. The van der Waals surface area contributed by atoms with Crippen LogP contribution in [-0.2, 0) is 9.53 Å². The molecule has 0 aliphatic rings. The SMILES string of the molecule is C=C/C=C(\C=C)Oc1cccc(SCC(=O)OC)c1. The van der Waals surface area contributed by atoms with Gasteiger partial charge >= 0.3 is 5.97 Å². The second-order valence-electron chi connectivity index (χ2n) is 3.45. The summed E-state index contributed by atoms with van der Waals surface area (Å²) in [5, 5.41) is 0. The summed E-state index contributed by atoms with van der Waals surface area (Å²) in [6.45, 7) is 7.27. The Kier molecular flexibility index (Phi) is 6.53. The smallest absolute Gasteiger partial charge is 0.315 e. The van der Waals surface area contributed by atoms with E-state index in [4.69, 9.17) is 4.74 Å². The lowest BCUT2D eigenvalue weighted by molar-refractivity contribution is -0.137. The second-order valence-corrected chi connectivity index (χ2v) is 4.50. The molecule has 4 heteroatoms. The zero-order chi connectivity index (χ0) is 14.1. The topological polar surface area (TPSA) is 35.5 Å². The Morgan fingerprint density at radius 3 is 2.84 bits per heavy atom. The maximum atomic E-state index is 11.1. The zero-order valence-corrected chi connectivity index (χ0v) is 11.6. The highest BCUT2D eigenvalue weighted by molar-refractivity contribution is 8.00. The average molecular weight is 276 g/mol. The Bertz CT molecular complexity index is 492. The van der Waals surface area contributed by atoms with Crippen LogP contribution in [0, 0.1) is 0 Å². The third-order valence-corrected chi connectivity index (χ3v) is 3.08. The molecular weight excluding hydrogens is 260 g/mol. The van der Waals surface area contributed by atoms with Gasteiger partial charge in [0.2, 0.25) is 0 Å². The molecule has 0 amide bonds. The van der Waals surface area contributed by atoms with E-state index in [0.717, 1.165) is 4.90 Å². The van der Waals surface area contributed by atoms with Gasteiger partial charge in [0.05, 0.1) is 12.9 Å². The minimum absolute atomic E-state index is 0.255. The third kappa shape index (κ3) is 5.48. The van der Waals surface area contributed by atoms with Crippen molar-refractivity contribution >= 4 is 17.7 Å². The summed E-state index contributed by atoms with van der Waals surface area (Å²) in [6.07, 6.45) is 4.96. The van der Waals surface area contributed by atoms with Gasteiger partial charge in [-0.15, -0.1) is 11.8 Å². The number of carbonyl (C=O) groups excluding carboxylic acids is 1. The Balaban J connectivity index is 2.71. The van der Waals surface area contributed by atoms with E-state index in [1.54, 1.807) is 18.2 Å². The number of carbonyl (C=O) groups is 1. The summed E-state index contributed by atoms with van der Waals surface area (Å²) in [5.41, 5.74) is 0. The van der Waals surface area contributed by atoms with Crippen LogP contribution in [0.2, 0.25) is 0 Å². The molecule has 0 radical (unpaired) electrons. The second kappa shape index (κ2) is 8.21. The first-order valence-corrected chi connectivity index (χ1v) is 6.61. The van der Waals surface area contributed by atoms with Gasteiger partial charge in [-0.3, -0.25) is 4.79 Å². The predicted octanol–water partition coefficient (Wildman–Crippen LogP) is 3.59. The molecule has 19 heavy (non-hydrogen) atoms. The zero-order valence-electron chi connectivity index (χ0n) is 10.8. The van der Waals surface area contributed by atoms with Crippen molar-refractivity contribution in [3.63, 3.8) is 0 Å². The number of methoxy groups -OCH3 is 1.